The molecule has 2 rings (SSSR count). The van der Waals surface area contributed by atoms with Crippen LogP contribution >= 0.6 is 0 Å². The first kappa shape index (κ1) is 8.52. The molecule has 2 fully saturated rings. The SMILES string of the molecule is C[C@H]1[C@@H](CO)[C@@]2(C)CC[C@]1(C)O2. The molecule has 2 saturated heterocycles. The summed E-state index contributed by atoms with van der Waals surface area (Å²) in [6.45, 7) is 6.79. The van der Waals surface area contributed by atoms with Crippen molar-refractivity contribution in [2.75, 3.05) is 6.61 Å². The third-order valence-electron chi connectivity index (χ3n) is 4.13. The van der Waals surface area contributed by atoms with Gasteiger partial charge >= 0.3 is 0 Å². The highest BCUT2D eigenvalue weighted by Crippen LogP contribution is 2.56. The molecule has 0 aromatic carbocycles. The van der Waals surface area contributed by atoms with Gasteiger partial charge in [-0.1, -0.05) is 6.92 Å². The van der Waals surface area contributed by atoms with Gasteiger partial charge in [-0.2, -0.15) is 0 Å². The van der Waals surface area contributed by atoms with Gasteiger partial charge in [0.2, 0.25) is 0 Å². The Bertz CT molecular complexity index is 204. The van der Waals surface area contributed by atoms with Gasteiger partial charge in [-0.25, -0.2) is 0 Å². The highest BCUT2D eigenvalue weighted by molar-refractivity contribution is 5.09. The molecule has 0 aromatic heterocycles. The number of rotatable bonds is 1. The van der Waals surface area contributed by atoms with Gasteiger partial charge in [0.25, 0.3) is 0 Å². The summed E-state index contributed by atoms with van der Waals surface area (Å²) in [5.41, 5.74) is 0.00502. The van der Waals surface area contributed by atoms with Crippen LogP contribution in [-0.2, 0) is 4.74 Å². The summed E-state index contributed by atoms with van der Waals surface area (Å²) in [6, 6.07) is 0. The zero-order valence-corrected chi connectivity index (χ0v) is 8.13. The predicted octanol–water partition coefficient (Wildman–Crippen LogP) is 1.57. The Morgan fingerprint density at radius 3 is 2.25 bits per heavy atom. The van der Waals surface area contributed by atoms with Gasteiger partial charge in [0.1, 0.15) is 0 Å². The van der Waals surface area contributed by atoms with Gasteiger partial charge in [-0.05, 0) is 32.6 Å². The van der Waals surface area contributed by atoms with E-state index < -0.39 is 0 Å². The molecular weight excluding hydrogens is 152 g/mol. The van der Waals surface area contributed by atoms with Crippen LogP contribution in [-0.4, -0.2) is 22.9 Å². The van der Waals surface area contributed by atoms with E-state index in [2.05, 4.69) is 20.8 Å². The molecule has 2 aliphatic rings. The lowest BCUT2D eigenvalue weighted by atomic mass is 9.69. The third-order valence-corrected chi connectivity index (χ3v) is 4.13. The van der Waals surface area contributed by atoms with Crippen LogP contribution in [0.5, 0.6) is 0 Å². The van der Waals surface area contributed by atoms with Crippen molar-refractivity contribution in [3.05, 3.63) is 0 Å². The third kappa shape index (κ3) is 0.826. The standard InChI is InChI=1S/C10H18O2/c1-7-8(6-11)10(3)5-4-9(7,2)12-10/h7-8,11H,4-6H2,1-3H3/t7-,8+,9-,10+/m0/s1. The fourth-order valence-corrected chi connectivity index (χ4v) is 3.02. The van der Waals surface area contributed by atoms with E-state index in [-0.39, 0.29) is 17.8 Å². The number of aliphatic hydroxyl groups excluding tert-OH is 1. The Balaban J connectivity index is 2.30. The van der Waals surface area contributed by atoms with Gasteiger partial charge in [-0.15, -0.1) is 0 Å². The maximum atomic E-state index is 9.26. The number of hydrogen-bond acceptors (Lipinski definition) is 2. The maximum absolute atomic E-state index is 9.26. The summed E-state index contributed by atoms with van der Waals surface area (Å²) in [7, 11) is 0. The van der Waals surface area contributed by atoms with E-state index >= 15 is 0 Å². The lowest BCUT2D eigenvalue weighted by molar-refractivity contribution is -0.0461. The minimum absolute atomic E-state index is 0.0388. The van der Waals surface area contributed by atoms with E-state index in [1.165, 1.54) is 0 Å². The molecule has 0 amide bonds. The molecule has 2 heterocycles. The molecule has 0 saturated carbocycles. The number of aliphatic hydroxyl groups is 1. The van der Waals surface area contributed by atoms with Crippen molar-refractivity contribution in [1.29, 1.82) is 0 Å². The molecular formula is C10H18O2. The van der Waals surface area contributed by atoms with Crippen LogP contribution in [0.3, 0.4) is 0 Å². The molecule has 2 heteroatoms. The van der Waals surface area contributed by atoms with Crippen LogP contribution in [0.4, 0.5) is 0 Å². The second-order valence-electron chi connectivity index (χ2n) is 4.81. The highest BCUT2D eigenvalue weighted by atomic mass is 16.5. The molecule has 0 spiro atoms. The molecule has 0 aromatic rings. The molecule has 2 aliphatic heterocycles. The summed E-state index contributed by atoms with van der Waals surface area (Å²) in [5.74, 6) is 0.845. The topological polar surface area (TPSA) is 29.5 Å². The van der Waals surface area contributed by atoms with Crippen LogP contribution in [0.1, 0.15) is 33.6 Å². The lowest BCUT2D eigenvalue weighted by Crippen LogP contribution is -2.38. The van der Waals surface area contributed by atoms with Crippen molar-refractivity contribution in [1.82, 2.24) is 0 Å². The van der Waals surface area contributed by atoms with E-state index in [1.54, 1.807) is 0 Å². The summed E-state index contributed by atoms with van der Waals surface area (Å²) in [6.07, 6.45) is 2.26. The fraction of sp³-hybridized carbons (Fsp3) is 1.00. The minimum Gasteiger partial charge on any atom is -0.396 e. The van der Waals surface area contributed by atoms with Crippen LogP contribution < -0.4 is 0 Å². The van der Waals surface area contributed by atoms with Gasteiger partial charge < -0.3 is 9.84 Å². The van der Waals surface area contributed by atoms with E-state index in [4.69, 9.17) is 4.74 Å². The van der Waals surface area contributed by atoms with Crippen molar-refractivity contribution >= 4 is 0 Å². The number of hydrogen-bond donors (Lipinski definition) is 1. The summed E-state index contributed by atoms with van der Waals surface area (Å²) >= 11 is 0. The van der Waals surface area contributed by atoms with E-state index in [9.17, 15) is 5.11 Å². The predicted molar refractivity (Wildman–Crippen MR) is 46.9 cm³/mol. The van der Waals surface area contributed by atoms with Crippen molar-refractivity contribution < 1.29 is 9.84 Å². The Hall–Kier alpha value is -0.0800. The lowest BCUT2D eigenvalue weighted by Gasteiger charge is -2.32. The first-order valence-corrected chi connectivity index (χ1v) is 4.83. The number of ether oxygens (including phenoxy) is 1. The first-order chi connectivity index (χ1) is 5.52. The molecule has 1 N–H and O–H groups in total. The quantitative estimate of drug-likeness (QED) is 0.647. The average Bonchev–Trinajstić information content (AvgIpc) is 2.38. The molecule has 0 aliphatic carbocycles. The van der Waals surface area contributed by atoms with Gasteiger partial charge in [-0.3, -0.25) is 0 Å². The van der Waals surface area contributed by atoms with E-state index in [1.807, 2.05) is 0 Å². The van der Waals surface area contributed by atoms with Gasteiger partial charge in [0.15, 0.2) is 0 Å². The zero-order valence-electron chi connectivity index (χ0n) is 8.13. The Morgan fingerprint density at radius 2 is 1.92 bits per heavy atom. The van der Waals surface area contributed by atoms with Crippen molar-refractivity contribution in [3.63, 3.8) is 0 Å². The van der Waals surface area contributed by atoms with E-state index in [0.29, 0.717) is 11.8 Å². The monoisotopic (exact) mass is 170 g/mol. The normalized spacial score (nSPS) is 58.0. The molecule has 12 heavy (non-hydrogen) atoms. The first-order valence-electron chi connectivity index (χ1n) is 4.83. The fourth-order valence-electron chi connectivity index (χ4n) is 3.02. The van der Waals surface area contributed by atoms with Crippen LogP contribution in [0, 0.1) is 11.8 Å². The zero-order chi connectivity index (χ0) is 8.98. The van der Waals surface area contributed by atoms with Crippen LogP contribution in [0.15, 0.2) is 0 Å². The van der Waals surface area contributed by atoms with Gasteiger partial charge in [0.05, 0.1) is 11.2 Å². The molecule has 4 atom stereocenters. The average molecular weight is 170 g/mol. The minimum atomic E-state index is -0.0388. The highest BCUT2D eigenvalue weighted by Gasteiger charge is 2.60. The van der Waals surface area contributed by atoms with Gasteiger partial charge in [0, 0.05) is 12.5 Å². The Labute approximate surface area is 73.9 Å². The molecule has 2 bridgehead atoms. The van der Waals surface area contributed by atoms with Crippen LogP contribution in [0.2, 0.25) is 0 Å². The molecule has 0 radical (unpaired) electrons. The number of fused-ring (bicyclic) bond motifs is 2. The second-order valence-corrected chi connectivity index (χ2v) is 4.81. The Morgan fingerprint density at radius 1 is 1.33 bits per heavy atom. The van der Waals surface area contributed by atoms with Crippen molar-refractivity contribution in [3.8, 4) is 0 Å². The summed E-state index contributed by atoms with van der Waals surface area (Å²) in [5, 5.41) is 9.26. The van der Waals surface area contributed by atoms with E-state index in [0.717, 1.165) is 12.8 Å². The van der Waals surface area contributed by atoms with Crippen LogP contribution in [0.25, 0.3) is 0 Å². The van der Waals surface area contributed by atoms with Crippen molar-refractivity contribution in [2.45, 2.75) is 44.8 Å². The smallest absolute Gasteiger partial charge is 0.0716 e. The molecule has 2 nitrogen and oxygen atoms in total. The molecule has 70 valence electrons. The second kappa shape index (κ2) is 2.24. The van der Waals surface area contributed by atoms with Crippen molar-refractivity contribution in [2.24, 2.45) is 11.8 Å². The largest absolute Gasteiger partial charge is 0.396 e. The summed E-state index contributed by atoms with van der Waals surface area (Å²) < 4.78 is 6.00. The maximum Gasteiger partial charge on any atom is 0.0716 e. The summed E-state index contributed by atoms with van der Waals surface area (Å²) in [4.78, 5) is 0. The molecule has 0 unspecified atom stereocenters. The Kier molecular flexibility index (Phi) is 1.59.